The van der Waals surface area contributed by atoms with E-state index in [1.165, 1.54) is 34.1 Å². The molecular formula is C34H40FN5O3S. The van der Waals surface area contributed by atoms with Gasteiger partial charge in [-0.1, -0.05) is 23.8 Å². The van der Waals surface area contributed by atoms with Crippen LogP contribution in [0.3, 0.4) is 0 Å². The summed E-state index contributed by atoms with van der Waals surface area (Å²) < 4.78 is 14.9. The number of thioether (sulfide) groups is 1. The van der Waals surface area contributed by atoms with Crippen molar-refractivity contribution in [2.24, 2.45) is 0 Å². The average molecular weight is 618 g/mol. The van der Waals surface area contributed by atoms with Crippen LogP contribution in [-0.4, -0.2) is 76.2 Å². The number of hydrogen-bond acceptors (Lipinski definition) is 7. The van der Waals surface area contributed by atoms with Gasteiger partial charge in [-0.25, -0.2) is 9.37 Å². The van der Waals surface area contributed by atoms with Gasteiger partial charge >= 0.3 is 0 Å². The van der Waals surface area contributed by atoms with Crippen molar-refractivity contribution in [2.45, 2.75) is 62.8 Å². The second kappa shape index (κ2) is 13.7. The lowest BCUT2D eigenvalue weighted by molar-refractivity contribution is -0.135. The molecule has 2 fully saturated rings. The van der Waals surface area contributed by atoms with Crippen LogP contribution in [-0.2, 0) is 9.59 Å². The van der Waals surface area contributed by atoms with Crippen molar-refractivity contribution >= 4 is 40.1 Å². The number of nitrogens with zero attached hydrogens (tertiary/aromatic N) is 4. The van der Waals surface area contributed by atoms with Crippen LogP contribution in [0.1, 0.15) is 62.4 Å². The zero-order chi connectivity index (χ0) is 30.6. The van der Waals surface area contributed by atoms with E-state index in [2.05, 4.69) is 20.1 Å². The highest BCUT2D eigenvalue weighted by Gasteiger charge is 2.31. The van der Waals surface area contributed by atoms with Crippen molar-refractivity contribution in [3.63, 3.8) is 0 Å². The Morgan fingerprint density at radius 3 is 2.48 bits per heavy atom. The topological polar surface area (TPSA) is 87.5 Å². The summed E-state index contributed by atoms with van der Waals surface area (Å²) in [6.07, 6.45) is 6.15. The van der Waals surface area contributed by atoms with Gasteiger partial charge in [-0.2, -0.15) is 0 Å². The number of piperazine rings is 1. The molecule has 8 nitrogen and oxygen atoms in total. The van der Waals surface area contributed by atoms with Gasteiger partial charge in [-0.15, -0.1) is 11.8 Å². The monoisotopic (exact) mass is 617 g/mol. The number of hydrogen-bond donors (Lipinski definition) is 1. The van der Waals surface area contributed by atoms with Crippen LogP contribution in [0.4, 0.5) is 4.39 Å². The molecule has 2 amide bonds. The largest absolute Gasteiger partial charge is 0.301 e. The predicted octanol–water partition coefficient (Wildman–Crippen LogP) is 4.95. The summed E-state index contributed by atoms with van der Waals surface area (Å²) in [5.41, 5.74) is 4.51. The van der Waals surface area contributed by atoms with Crippen LogP contribution in [0, 0.1) is 12.7 Å². The average Bonchev–Trinajstić information content (AvgIpc) is 3.02. The van der Waals surface area contributed by atoms with E-state index in [-0.39, 0.29) is 23.7 Å². The summed E-state index contributed by atoms with van der Waals surface area (Å²) in [5.74, 6) is 0.421. The van der Waals surface area contributed by atoms with E-state index in [9.17, 15) is 18.8 Å². The summed E-state index contributed by atoms with van der Waals surface area (Å²) >= 11 is 1.66. The summed E-state index contributed by atoms with van der Waals surface area (Å²) in [7, 11) is 0. The molecule has 2 aliphatic heterocycles. The number of rotatable bonds is 9. The first kappa shape index (κ1) is 30.7. The number of carbonyl (C=O) groups excluding carboxylic acids is 2. The van der Waals surface area contributed by atoms with Crippen molar-refractivity contribution in [3.05, 3.63) is 75.6 Å². The molecule has 1 aliphatic carbocycles. The first-order valence-corrected chi connectivity index (χ1v) is 16.8. The lowest BCUT2D eigenvalue weighted by atomic mass is 9.87. The molecule has 6 rings (SSSR count). The van der Waals surface area contributed by atoms with E-state index in [0.717, 1.165) is 69.2 Å². The molecule has 44 heavy (non-hydrogen) atoms. The molecule has 0 spiro atoms. The lowest BCUT2D eigenvalue weighted by Gasteiger charge is -2.36. The number of halogens is 1. The normalized spacial score (nSPS) is 20.4. The number of carbonyl (C=O) groups is 2. The van der Waals surface area contributed by atoms with Crippen molar-refractivity contribution in [1.29, 1.82) is 0 Å². The van der Waals surface area contributed by atoms with Crippen LogP contribution in [0.2, 0.25) is 0 Å². The van der Waals surface area contributed by atoms with Gasteiger partial charge in [0, 0.05) is 44.0 Å². The molecule has 1 unspecified atom stereocenters. The van der Waals surface area contributed by atoms with E-state index < -0.39 is 11.9 Å². The molecular weight excluding hydrogens is 577 g/mol. The van der Waals surface area contributed by atoms with Crippen LogP contribution >= 0.6 is 11.8 Å². The first-order chi connectivity index (χ1) is 21.4. The van der Waals surface area contributed by atoms with E-state index in [4.69, 9.17) is 0 Å². The summed E-state index contributed by atoms with van der Waals surface area (Å²) in [5, 5.41) is 2.90. The fourth-order valence-electron chi connectivity index (χ4n) is 6.79. The Morgan fingerprint density at radius 1 is 0.955 bits per heavy atom. The van der Waals surface area contributed by atoms with Crippen molar-refractivity contribution in [2.75, 3.05) is 45.0 Å². The summed E-state index contributed by atoms with van der Waals surface area (Å²) in [6.45, 7) is 7.91. The molecule has 232 valence electrons. The zero-order valence-electron chi connectivity index (χ0n) is 25.3. The lowest BCUT2D eigenvalue weighted by Crippen LogP contribution is -2.47. The highest BCUT2D eigenvalue weighted by molar-refractivity contribution is 7.99. The smallest absolute Gasteiger partial charge is 0.263 e. The molecule has 1 N–H and O–H groups in total. The zero-order valence-corrected chi connectivity index (χ0v) is 26.1. The number of amides is 2. The van der Waals surface area contributed by atoms with Crippen molar-refractivity contribution in [1.82, 2.24) is 24.7 Å². The molecule has 3 heterocycles. The van der Waals surface area contributed by atoms with Gasteiger partial charge in [-0.05, 0) is 93.1 Å². The van der Waals surface area contributed by atoms with Gasteiger partial charge in [0.15, 0.2) is 0 Å². The molecule has 0 bridgehead atoms. The predicted molar refractivity (Wildman–Crippen MR) is 172 cm³/mol. The minimum absolute atomic E-state index is 0.182. The Bertz CT molecular complexity index is 1630. The molecule has 2 aromatic carbocycles. The Labute approximate surface area is 261 Å². The van der Waals surface area contributed by atoms with E-state index in [0.29, 0.717) is 23.1 Å². The van der Waals surface area contributed by atoms with Gasteiger partial charge in [0.2, 0.25) is 11.8 Å². The van der Waals surface area contributed by atoms with Gasteiger partial charge in [0.05, 0.1) is 10.9 Å². The standard InChI is InChI=1S/C34H40FN5O3S/c1-23-36-28-8-4-9-30(32(28)34(43)40(23)29-14-15-31(41)37-33(29)42)44-21-5-16-38-17-19-39(20-18-38)22-25-6-2-3-7-27(25)24-10-12-26(35)13-11-24/h4,8-13,29H,2-3,5-7,14-22H2,1H3,(H,37,41,42). The molecule has 1 aromatic heterocycles. The molecule has 10 heteroatoms. The Kier molecular flexibility index (Phi) is 9.59. The maximum absolute atomic E-state index is 13.7. The molecule has 0 saturated carbocycles. The number of nitrogens with one attached hydrogen (secondary N) is 1. The minimum atomic E-state index is -0.724. The van der Waals surface area contributed by atoms with E-state index in [1.807, 2.05) is 30.3 Å². The third kappa shape index (κ3) is 6.82. The minimum Gasteiger partial charge on any atom is -0.301 e. The van der Waals surface area contributed by atoms with Gasteiger partial charge in [-0.3, -0.25) is 29.2 Å². The second-order valence-electron chi connectivity index (χ2n) is 12.1. The molecule has 2 saturated heterocycles. The van der Waals surface area contributed by atoms with E-state index >= 15 is 0 Å². The molecule has 3 aliphatic rings. The third-order valence-electron chi connectivity index (χ3n) is 9.12. The Balaban J connectivity index is 1.03. The number of piperidine rings is 1. The highest BCUT2D eigenvalue weighted by atomic mass is 32.2. The van der Waals surface area contributed by atoms with E-state index in [1.54, 1.807) is 30.8 Å². The maximum atomic E-state index is 13.7. The number of imide groups is 1. The first-order valence-electron chi connectivity index (χ1n) is 15.8. The summed E-state index contributed by atoms with van der Waals surface area (Å²) in [6, 6.07) is 12.0. The number of benzene rings is 2. The molecule has 0 radical (unpaired) electrons. The Morgan fingerprint density at radius 2 is 1.70 bits per heavy atom. The summed E-state index contributed by atoms with van der Waals surface area (Å²) in [4.78, 5) is 48.5. The van der Waals surface area contributed by atoms with Crippen molar-refractivity contribution < 1.29 is 14.0 Å². The van der Waals surface area contributed by atoms with Crippen LogP contribution in [0.5, 0.6) is 0 Å². The van der Waals surface area contributed by atoms with Gasteiger partial charge < -0.3 is 4.90 Å². The highest BCUT2D eigenvalue weighted by Crippen LogP contribution is 2.33. The fraction of sp³-hybridized carbons (Fsp3) is 0.471. The quantitative estimate of drug-likeness (QED) is 0.207. The molecule has 3 aromatic rings. The number of allylic oxidation sites excluding steroid dienone is 1. The molecule has 1 atom stereocenters. The fourth-order valence-corrected chi connectivity index (χ4v) is 7.80. The second-order valence-corrected chi connectivity index (χ2v) is 13.2. The number of fused-ring (bicyclic) bond motifs is 1. The Hall–Kier alpha value is -3.34. The van der Waals surface area contributed by atoms with Crippen LogP contribution in [0.25, 0.3) is 16.5 Å². The maximum Gasteiger partial charge on any atom is 0.263 e. The van der Waals surface area contributed by atoms with Crippen molar-refractivity contribution in [3.8, 4) is 0 Å². The number of aryl methyl sites for hydroxylation is 1. The third-order valence-corrected chi connectivity index (χ3v) is 10.3. The number of aromatic nitrogens is 2. The SMILES string of the molecule is Cc1nc2cccc(SCCCN3CCN(CC4=C(c5ccc(F)cc5)CCCC4)CC3)c2c(=O)n1C1CCC(=O)NC1=O. The van der Waals surface area contributed by atoms with Crippen LogP contribution < -0.4 is 10.9 Å². The van der Waals surface area contributed by atoms with Gasteiger partial charge in [0.1, 0.15) is 17.7 Å². The van der Waals surface area contributed by atoms with Gasteiger partial charge in [0.25, 0.3) is 5.56 Å². The van der Waals surface area contributed by atoms with Crippen LogP contribution in [0.15, 0.2) is 57.7 Å².